The van der Waals surface area contributed by atoms with Crippen LogP contribution in [0.4, 0.5) is 19.0 Å². The maximum Gasteiger partial charge on any atom is 0.433 e. The zero-order chi connectivity index (χ0) is 18.1. The molecule has 2 aromatic rings. The summed E-state index contributed by atoms with van der Waals surface area (Å²) in [5.74, 6) is -0.899. The molecule has 128 valence electrons. The molecule has 0 radical (unpaired) electrons. The topological polar surface area (TPSA) is 80.9 Å². The van der Waals surface area contributed by atoms with Crippen LogP contribution in [0.1, 0.15) is 23.0 Å². The van der Waals surface area contributed by atoms with Gasteiger partial charge in [-0.05, 0) is 35.0 Å². The molecule has 0 atom stereocenters. The van der Waals surface area contributed by atoms with Crippen molar-refractivity contribution in [2.45, 2.75) is 13.1 Å². The summed E-state index contributed by atoms with van der Waals surface area (Å²) in [6.07, 6.45) is -3.26. The van der Waals surface area contributed by atoms with Gasteiger partial charge in [0.1, 0.15) is 16.7 Å². The Morgan fingerprint density at radius 2 is 2.08 bits per heavy atom. The van der Waals surface area contributed by atoms with E-state index in [2.05, 4.69) is 31.2 Å². The highest BCUT2D eigenvalue weighted by Gasteiger charge is 2.33. The Morgan fingerprint density at radius 3 is 2.62 bits per heavy atom. The van der Waals surface area contributed by atoms with E-state index in [4.69, 9.17) is 17.3 Å². The van der Waals surface area contributed by atoms with Gasteiger partial charge in [0.05, 0.1) is 5.56 Å². The standard InChI is InChI=1S/C14H11BrClF3N4O/c1-2-21-13-6(3-4-8(23-13)14(17,18)19)9-7(15)5-22-11(16)10(9)12(20)24/h3-5H,2H2,1H3,(H2,20,24)(H,21,23). The number of carbonyl (C=O) groups is 1. The molecule has 0 aliphatic carbocycles. The van der Waals surface area contributed by atoms with E-state index in [0.29, 0.717) is 11.0 Å². The smallest absolute Gasteiger partial charge is 0.370 e. The SMILES string of the molecule is CCNc1nc(C(F)(F)F)ccc1-c1c(Br)cnc(Cl)c1C(N)=O. The van der Waals surface area contributed by atoms with Gasteiger partial charge in [0.2, 0.25) is 0 Å². The zero-order valence-corrected chi connectivity index (χ0v) is 14.6. The number of alkyl halides is 3. The molecule has 2 heterocycles. The lowest BCUT2D eigenvalue weighted by molar-refractivity contribution is -0.141. The van der Waals surface area contributed by atoms with Crippen LogP contribution in [-0.2, 0) is 6.18 Å². The summed E-state index contributed by atoms with van der Waals surface area (Å²) < 4.78 is 39.0. The quantitative estimate of drug-likeness (QED) is 0.725. The van der Waals surface area contributed by atoms with Gasteiger partial charge in [-0.2, -0.15) is 13.2 Å². The second-order valence-electron chi connectivity index (χ2n) is 4.63. The van der Waals surface area contributed by atoms with Crippen LogP contribution in [0.15, 0.2) is 22.8 Å². The number of nitrogens with zero attached hydrogens (tertiary/aromatic N) is 2. The summed E-state index contributed by atoms with van der Waals surface area (Å²) in [6, 6.07) is 2.03. The summed E-state index contributed by atoms with van der Waals surface area (Å²) in [5.41, 5.74) is 4.65. The largest absolute Gasteiger partial charge is 0.433 e. The van der Waals surface area contributed by atoms with Crippen molar-refractivity contribution in [2.75, 3.05) is 11.9 Å². The fourth-order valence-corrected chi connectivity index (χ4v) is 2.82. The van der Waals surface area contributed by atoms with Crippen LogP contribution in [-0.4, -0.2) is 22.4 Å². The number of pyridine rings is 2. The van der Waals surface area contributed by atoms with E-state index in [1.165, 1.54) is 12.3 Å². The van der Waals surface area contributed by atoms with E-state index < -0.39 is 17.8 Å². The third-order valence-corrected chi connectivity index (χ3v) is 3.92. The van der Waals surface area contributed by atoms with Gasteiger partial charge in [0, 0.05) is 28.3 Å². The average molecular weight is 424 g/mol. The monoisotopic (exact) mass is 422 g/mol. The summed E-state index contributed by atoms with van der Waals surface area (Å²) in [4.78, 5) is 19.1. The third kappa shape index (κ3) is 3.62. The Hall–Kier alpha value is -1.87. The van der Waals surface area contributed by atoms with E-state index in [9.17, 15) is 18.0 Å². The fourth-order valence-electron chi connectivity index (χ4n) is 2.07. The molecule has 0 unspecified atom stereocenters. The number of nitrogens with one attached hydrogen (secondary N) is 1. The molecule has 2 rings (SSSR count). The normalized spacial score (nSPS) is 11.4. The number of aromatic nitrogens is 2. The highest BCUT2D eigenvalue weighted by Crippen LogP contribution is 2.39. The lowest BCUT2D eigenvalue weighted by atomic mass is 10.0. The van der Waals surface area contributed by atoms with Gasteiger partial charge in [-0.3, -0.25) is 4.79 Å². The van der Waals surface area contributed by atoms with E-state index in [-0.39, 0.29) is 27.7 Å². The summed E-state index contributed by atoms with van der Waals surface area (Å²) in [6.45, 7) is 2.03. The molecule has 10 heteroatoms. The van der Waals surface area contributed by atoms with Crippen molar-refractivity contribution in [3.63, 3.8) is 0 Å². The Labute approximate surface area is 148 Å². The number of halogens is 5. The minimum Gasteiger partial charge on any atom is -0.370 e. The van der Waals surface area contributed by atoms with E-state index in [1.807, 2.05) is 0 Å². The predicted octanol–water partition coefficient (Wildman–Crippen LogP) is 4.11. The van der Waals surface area contributed by atoms with Crippen molar-refractivity contribution >= 4 is 39.3 Å². The first kappa shape index (κ1) is 18.5. The molecule has 0 saturated heterocycles. The van der Waals surface area contributed by atoms with Crippen LogP contribution in [0.5, 0.6) is 0 Å². The minimum atomic E-state index is -4.59. The number of primary amides is 1. The van der Waals surface area contributed by atoms with Gasteiger partial charge in [0.15, 0.2) is 0 Å². The molecule has 24 heavy (non-hydrogen) atoms. The first-order chi connectivity index (χ1) is 11.2. The molecule has 0 fully saturated rings. The van der Waals surface area contributed by atoms with Crippen molar-refractivity contribution in [2.24, 2.45) is 5.73 Å². The van der Waals surface area contributed by atoms with Gasteiger partial charge in [-0.1, -0.05) is 11.6 Å². The van der Waals surface area contributed by atoms with Crippen LogP contribution < -0.4 is 11.1 Å². The van der Waals surface area contributed by atoms with Gasteiger partial charge in [-0.15, -0.1) is 0 Å². The molecular formula is C14H11BrClF3N4O. The maximum absolute atomic E-state index is 12.9. The zero-order valence-electron chi connectivity index (χ0n) is 12.2. The van der Waals surface area contributed by atoms with Gasteiger partial charge in [0.25, 0.3) is 5.91 Å². The molecule has 0 aromatic carbocycles. The van der Waals surface area contributed by atoms with E-state index in [0.717, 1.165) is 6.07 Å². The average Bonchev–Trinajstić information content (AvgIpc) is 2.48. The van der Waals surface area contributed by atoms with Gasteiger partial charge >= 0.3 is 6.18 Å². The first-order valence-corrected chi connectivity index (χ1v) is 7.80. The van der Waals surface area contributed by atoms with Crippen LogP contribution in [0.2, 0.25) is 5.15 Å². The first-order valence-electron chi connectivity index (χ1n) is 6.63. The maximum atomic E-state index is 12.9. The molecule has 0 bridgehead atoms. The number of amides is 1. The molecule has 0 aliphatic rings. The molecule has 0 saturated carbocycles. The second-order valence-corrected chi connectivity index (χ2v) is 5.84. The lowest BCUT2D eigenvalue weighted by Gasteiger charge is -2.16. The number of hydrogen-bond donors (Lipinski definition) is 2. The lowest BCUT2D eigenvalue weighted by Crippen LogP contribution is -2.16. The van der Waals surface area contributed by atoms with Crippen molar-refractivity contribution in [3.05, 3.63) is 39.2 Å². The van der Waals surface area contributed by atoms with Crippen molar-refractivity contribution in [1.82, 2.24) is 9.97 Å². The van der Waals surface area contributed by atoms with Crippen molar-refractivity contribution < 1.29 is 18.0 Å². The Morgan fingerprint density at radius 1 is 1.42 bits per heavy atom. The molecular weight excluding hydrogens is 413 g/mol. The van der Waals surface area contributed by atoms with Crippen molar-refractivity contribution in [1.29, 1.82) is 0 Å². The Bertz CT molecular complexity index is 798. The van der Waals surface area contributed by atoms with Crippen LogP contribution in [0.25, 0.3) is 11.1 Å². The second kappa shape index (κ2) is 6.94. The summed E-state index contributed by atoms with van der Waals surface area (Å²) >= 11 is 9.15. The van der Waals surface area contributed by atoms with Crippen LogP contribution >= 0.6 is 27.5 Å². The number of anilines is 1. The molecule has 2 aromatic heterocycles. The highest BCUT2D eigenvalue weighted by molar-refractivity contribution is 9.10. The minimum absolute atomic E-state index is 0.0437. The Kier molecular flexibility index (Phi) is 5.34. The summed E-state index contributed by atoms with van der Waals surface area (Å²) in [5, 5.41) is 2.60. The Balaban J connectivity index is 2.78. The number of rotatable bonds is 4. The predicted molar refractivity (Wildman–Crippen MR) is 87.9 cm³/mol. The fraction of sp³-hybridized carbons (Fsp3) is 0.214. The summed E-state index contributed by atoms with van der Waals surface area (Å²) in [7, 11) is 0. The third-order valence-electron chi connectivity index (χ3n) is 3.03. The van der Waals surface area contributed by atoms with Crippen LogP contribution in [0, 0.1) is 0 Å². The molecule has 1 amide bonds. The number of nitrogens with two attached hydrogens (primary N) is 1. The highest BCUT2D eigenvalue weighted by atomic mass is 79.9. The van der Waals surface area contributed by atoms with Gasteiger partial charge in [-0.25, -0.2) is 9.97 Å². The van der Waals surface area contributed by atoms with Crippen molar-refractivity contribution in [3.8, 4) is 11.1 Å². The number of carbonyl (C=O) groups excluding carboxylic acids is 1. The van der Waals surface area contributed by atoms with E-state index in [1.54, 1.807) is 6.92 Å². The van der Waals surface area contributed by atoms with Crippen LogP contribution in [0.3, 0.4) is 0 Å². The molecule has 5 nitrogen and oxygen atoms in total. The van der Waals surface area contributed by atoms with Gasteiger partial charge < -0.3 is 11.1 Å². The molecule has 0 aliphatic heterocycles. The molecule has 0 spiro atoms. The number of hydrogen-bond acceptors (Lipinski definition) is 4. The van der Waals surface area contributed by atoms with E-state index >= 15 is 0 Å². The molecule has 3 N–H and O–H groups in total.